The van der Waals surface area contributed by atoms with Crippen LogP contribution >= 0.6 is 11.9 Å². The molecule has 38 heavy (non-hydrogen) atoms. The number of alkyl halides is 3. The highest BCUT2D eigenvalue weighted by atomic mass is 32.2. The molecular weight excluding hydrogens is 517 g/mol. The molecule has 0 bridgehead atoms. The Morgan fingerprint density at radius 2 is 1.97 bits per heavy atom. The molecule has 3 aromatic rings. The van der Waals surface area contributed by atoms with E-state index in [1.54, 1.807) is 19.1 Å². The summed E-state index contributed by atoms with van der Waals surface area (Å²) < 4.78 is 54.3. The zero-order valence-electron chi connectivity index (χ0n) is 20.9. The highest BCUT2D eigenvalue weighted by Gasteiger charge is 2.50. The topological polar surface area (TPSA) is 78.5 Å². The minimum atomic E-state index is -4.46. The van der Waals surface area contributed by atoms with Crippen LogP contribution in [-0.2, 0) is 10.9 Å². The van der Waals surface area contributed by atoms with Crippen molar-refractivity contribution in [2.75, 3.05) is 38.7 Å². The zero-order valence-corrected chi connectivity index (χ0v) is 21.7. The van der Waals surface area contributed by atoms with Gasteiger partial charge in [-0.15, -0.1) is 0 Å². The molecule has 202 valence electrons. The molecule has 12 heteroatoms. The van der Waals surface area contributed by atoms with E-state index in [0.717, 1.165) is 63.0 Å². The number of aromatic nitrogens is 3. The number of H-pyrrole nitrogens is 1. The van der Waals surface area contributed by atoms with Gasteiger partial charge in [-0.2, -0.15) is 18.2 Å². The Morgan fingerprint density at radius 3 is 2.61 bits per heavy atom. The molecule has 1 saturated carbocycles. The Labute approximate surface area is 222 Å². The van der Waals surface area contributed by atoms with Crippen LogP contribution in [0.5, 0.6) is 5.75 Å². The van der Waals surface area contributed by atoms with Crippen LogP contribution in [0.3, 0.4) is 0 Å². The molecule has 2 atom stereocenters. The summed E-state index contributed by atoms with van der Waals surface area (Å²) in [5, 5.41) is 3.25. The maximum Gasteiger partial charge on any atom is 0.418 e. The summed E-state index contributed by atoms with van der Waals surface area (Å²) in [6.07, 6.45) is 0.968. The van der Waals surface area contributed by atoms with E-state index in [2.05, 4.69) is 29.5 Å². The van der Waals surface area contributed by atoms with Gasteiger partial charge in [0.25, 0.3) is 0 Å². The number of hydrogen-bond acceptors (Lipinski definition) is 8. The predicted molar refractivity (Wildman–Crippen MR) is 138 cm³/mol. The van der Waals surface area contributed by atoms with Crippen LogP contribution in [0.1, 0.15) is 42.9 Å². The van der Waals surface area contributed by atoms with Crippen molar-refractivity contribution in [2.24, 2.45) is 0 Å². The highest BCUT2D eigenvalue weighted by Crippen LogP contribution is 2.46. The molecule has 2 aromatic heterocycles. The first-order valence-electron chi connectivity index (χ1n) is 13.1. The van der Waals surface area contributed by atoms with Crippen LogP contribution in [0.15, 0.2) is 29.3 Å². The largest absolute Gasteiger partial charge is 0.495 e. The summed E-state index contributed by atoms with van der Waals surface area (Å²) in [4.78, 5) is 15.2. The molecule has 1 aromatic carbocycles. The third-order valence-corrected chi connectivity index (χ3v) is 9.19. The van der Waals surface area contributed by atoms with Gasteiger partial charge in [0.2, 0.25) is 5.95 Å². The first-order valence-corrected chi connectivity index (χ1v) is 13.9. The van der Waals surface area contributed by atoms with Crippen molar-refractivity contribution in [3.05, 3.63) is 35.7 Å². The van der Waals surface area contributed by atoms with Crippen molar-refractivity contribution in [2.45, 2.75) is 60.9 Å². The molecule has 2 N–H and O–H groups in total. The van der Waals surface area contributed by atoms with E-state index in [1.165, 1.54) is 0 Å². The number of morpholine rings is 1. The number of rotatable bonds is 7. The molecule has 7 rings (SSSR count). The zero-order chi connectivity index (χ0) is 26.0. The summed E-state index contributed by atoms with van der Waals surface area (Å²) in [5.74, 6) is 0.897. The quantitative estimate of drug-likeness (QED) is 0.394. The van der Waals surface area contributed by atoms with Gasteiger partial charge < -0.3 is 19.8 Å². The van der Waals surface area contributed by atoms with E-state index in [0.29, 0.717) is 35.3 Å². The number of ether oxygens (including phenoxy) is 2. The van der Waals surface area contributed by atoms with Gasteiger partial charge in [0.1, 0.15) is 11.4 Å². The van der Waals surface area contributed by atoms with Gasteiger partial charge >= 0.3 is 6.18 Å². The molecule has 1 aliphatic carbocycles. The number of nitrogens with zero attached hydrogens (tertiary/aromatic N) is 4. The van der Waals surface area contributed by atoms with Gasteiger partial charge in [0.15, 0.2) is 0 Å². The molecule has 3 aliphatic heterocycles. The lowest BCUT2D eigenvalue weighted by Crippen LogP contribution is -2.73. The van der Waals surface area contributed by atoms with E-state index in [4.69, 9.17) is 9.47 Å². The van der Waals surface area contributed by atoms with E-state index in [1.807, 2.05) is 18.2 Å². The van der Waals surface area contributed by atoms with Gasteiger partial charge in [0.05, 0.1) is 48.2 Å². The average Bonchev–Trinajstić information content (AvgIpc) is 3.64. The molecule has 0 spiro atoms. The number of methoxy groups -OCH3 is 1. The average molecular weight is 547 g/mol. The Bertz CT molecular complexity index is 1350. The fourth-order valence-electron chi connectivity index (χ4n) is 5.79. The summed E-state index contributed by atoms with van der Waals surface area (Å²) in [6, 6.07) is 7.21. The van der Waals surface area contributed by atoms with E-state index in [9.17, 15) is 13.2 Å². The second-order valence-electron chi connectivity index (χ2n) is 10.5. The van der Waals surface area contributed by atoms with Crippen LogP contribution < -0.4 is 10.1 Å². The Kier molecular flexibility index (Phi) is 5.99. The van der Waals surface area contributed by atoms with E-state index < -0.39 is 11.7 Å². The van der Waals surface area contributed by atoms with Crippen LogP contribution in [-0.4, -0.2) is 75.7 Å². The minimum Gasteiger partial charge on any atom is -0.495 e. The Balaban J connectivity index is 1.05. The van der Waals surface area contributed by atoms with Crippen molar-refractivity contribution in [1.82, 2.24) is 24.2 Å². The normalized spacial score (nSPS) is 24.6. The molecular formula is C26H29F3N6O2S. The Hall–Kier alpha value is -2.54. The summed E-state index contributed by atoms with van der Waals surface area (Å²) >= 11 is 1.72. The third-order valence-electron chi connectivity index (χ3n) is 8.10. The fourth-order valence-corrected chi connectivity index (χ4v) is 6.77. The van der Waals surface area contributed by atoms with Gasteiger partial charge in [-0.25, -0.2) is 9.29 Å². The molecule has 0 amide bonds. The number of aromatic amines is 1. The molecule has 2 unspecified atom stereocenters. The molecule has 4 fully saturated rings. The number of halogens is 3. The lowest BCUT2D eigenvalue weighted by Gasteiger charge is -2.58. The molecule has 5 heterocycles. The van der Waals surface area contributed by atoms with Gasteiger partial charge in [-0.3, -0.25) is 4.90 Å². The van der Waals surface area contributed by atoms with Crippen LogP contribution in [0.25, 0.3) is 11.0 Å². The van der Waals surface area contributed by atoms with Crippen molar-refractivity contribution >= 4 is 34.6 Å². The van der Waals surface area contributed by atoms with E-state index >= 15 is 0 Å². The highest BCUT2D eigenvalue weighted by molar-refractivity contribution is 7.97. The number of benzene rings is 1. The summed E-state index contributed by atoms with van der Waals surface area (Å²) in [6.45, 7) is 4.03. The lowest BCUT2D eigenvalue weighted by molar-refractivity contribution is -0.229. The number of piperidine rings is 1. The number of fused-ring (bicyclic) bond motifs is 2. The van der Waals surface area contributed by atoms with Crippen molar-refractivity contribution in [1.29, 1.82) is 0 Å². The van der Waals surface area contributed by atoms with Gasteiger partial charge in [-0.05, 0) is 55.8 Å². The first-order chi connectivity index (χ1) is 18.4. The molecule has 8 nitrogen and oxygen atoms in total. The second kappa shape index (κ2) is 9.29. The third kappa shape index (κ3) is 4.41. The summed E-state index contributed by atoms with van der Waals surface area (Å²) in [7, 11) is 1.60. The van der Waals surface area contributed by atoms with Crippen LogP contribution in [0.2, 0.25) is 0 Å². The SMILES string of the molecule is COc1cc(SN2CCC(N3CC4OCC43)CC2)ccc1Nc1nc(C2CC2)c2c(C(F)(F)F)c[nH]c2n1. The van der Waals surface area contributed by atoms with Crippen molar-refractivity contribution in [3.8, 4) is 5.75 Å². The van der Waals surface area contributed by atoms with Gasteiger partial charge in [0, 0.05) is 42.7 Å². The van der Waals surface area contributed by atoms with Crippen molar-refractivity contribution < 1.29 is 22.6 Å². The first kappa shape index (κ1) is 24.5. The molecule has 0 radical (unpaired) electrons. The smallest absolute Gasteiger partial charge is 0.418 e. The number of nitrogens with one attached hydrogen (secondary N) is 2. The van der Waals surface area contributed by atoms with Gasteiger partial charge in [-0.1, -0.05) is 0 Å². The number of likely N-dealkylation sites (tertiary alicyclic amines) is 1. The maximum absolute atomic E-state index is 13.6. The van der Waals surface area contributed by atoms with Crippen LogP contribution in [0.4, 0.5) is 24.8 Å². The second-order valence-corrected chi connectivity index (χ2v) is 11.7. The minimum absolute atomic E-state index is 0.0207. The lowest BCUT2D eigenvalue weighted by atomic mass is 9.89. The standard InChI is InChI=1S/C26H29F3N6O2S/c1-36-20-10-16(38-34-8-6-15(7-9-34)35-12-21-19(35)13-37-21)4-5-18(20)31-25-32-23(14-2-3-14)22-17(26(27,28)29)11-30-24(22)33-25/h4-5,10-11,14-15,19,21H,2-3,6-9,12-13H2,1H3,(H2,30,31,32,33). The fraction of sp³-hybridized carbons (Fsp3) is 0.538. The van der Waals surface area contributed by atoms with E-state index in [-0.39, 0.29) is 22.9 Å². The maximum atomic E-state index is 13.6. The number of hydrogen-bond donors (Lipinski definition) is 2. The number of anilines is 2. The van der Waals surface area contributed by atoms with Crippen molar-refractivity contribution in [3.63, 3.8) is 0 Å². The van der Waals surface area contributed by atoms with Crippen LogP contribution in [0, 0.1) is 0 Å². The molecule has 3 saturated heterocycles. The summed E-state index contributed by atoms with van der Waals surface area (Å²) in [5.41, 5.74) is 0.577. The molecule has 4 aliphatic rings. The monoisotopic (exact) mass is 546 g/mol. The Morgan fingerprint density at radius 1 is 1.16 bits per heavy atom. The predicted octanol–water partition coefficient (Wildman–Crippen LogP) is 5.16.